The number of rotatable bonds is 4. The van der Waals surface area contributed by atoms with Gasteiger partial charge in [-0.3, -0.25) is 0 Å². The van der Waals surface area contributed by atoms with Crippen LogP contribution >= 0.6 is 15.9 Å². The Balaban J connectivity index is 2.56. The Morgan fingerprint density at radius 3 is 2.57 bits per heavy atom. The van der Waals surface area contributed by atoms with Crippen molar-refractivity contribution in [3.8, 4) is 11.8 Å². The second kappa shape index (κ2) is 5.46. The van der Waals surface area contributed by atoms with Crippen LogP contribution in [-0.2, 0) is 6.42 Å². The van der Waals surface area contributed by atoms with Gasteiger partial charge in [0.25, 0.3) is 0 Å². The fourth-order valence-electron chi connectivity index (χ4n) is 0.956. The summed E-state index contributed by atoms with van der Waals surface area (Å²) in [6.45, 7) is 4.12. The molecule has 0 atom stereocenters. The molecular formula is C11H10BrNO. The number of halogens is 1. The second-order valence-electron chi connectivity index (χ2n) is 2.78. The summed E-state index contributed by atoms with van der Waals surface area (Å²) in [4.78, 5) is 0. The second-order valence-corrected chi connectivity index (χ2v) is 3.91. The summed E-state index contributed by atoms with van der Waals surface area (Å²) in [6, 6.07) is 9.56. The normalized spacial score (nSPS) is 9.14. The molecule has 0 fully saturated rings. The van der Waals surface area contributed by atoms with Gasteiger partial charge in [0.15, 0.2) is 0 Å². The summed E-state index contributed by atoms with van der Waals surface area (Å²) >= 11 is 3.21. The fraction of sp³-hybridized carbons (Fsp3) is 0.182. The molecule has 0 bridgehead atoms. The predicted molar refractivity (Wildman–Crippen MR) is 59.3 cm³/mol. The molecule has 0 saturated carbocycles. The molecular weight excluding hydrogens is 242 g/mol. The zero-order chi connectivity index (χ0) is 10.4. The van der Waals surface area contributed by atoms with Gasteiger partial charge in [0.05, 0.1) is 12.5 Å². The highest BCUT2D eigenvalue weighted by Gasteiger charge is 1.95. The van der Waals surface area contributed by atoms with Crippen LogP contribution in [0.3, 0.4) is 0 Å². The smallest absolute Gasteiger partial charge is 0.119 e. The fourth-order valence-corrected chi connectivity index (χ4v) is 1.07. The average Bonchev–Trinajstić information content (AvgIpc) is 2.17. The van der Waals surface area contributed by atoms with Crippen LogP contribution in [0.2, 0.25) is 0 Å². The van der Waals surface area contributed by atoms with Crippen molar-refractivity contribution in [1.82, 2.24) is 0 Å². The first-order valence-corrected chi connectivity index (χ1v) is 4.93. The maximum Gasteiger partial charge on any atom is 0.119 e. The number of nitriles is 1. The number of hydrogen-bond acceptors (Lipinski definition) is 2. The van der Waals surface area contributed by atoms with Gasteiger partial charge in [-0.2, -0.15) is 5.26 Å². The van der Waals surface area contributed by atoms with Gasteiger partial charge in [0.2, 0.25) is 0 Å². The van der Waals surface area contributed by atoms with Crippen LogP contribution in [0.5, 0.6) is 5.75 Å². The average molecular weight is 252 g/mol. The van der Waals surface area contributed by atoms with E-state index in [0.717, 1.165) is 15.8 Å². The molecule has 3 heteroatoms. The SMILES string of the molecule is C=C(Br)COc1ccc(CC#N)cc1. The molecule has 72 valence electrons. The minimum absolute atomic E-state index is 0.436. The highest BCUT2D eigenvalue weighted by atomic mass is 79.9. The van der Waals surface area contributed by atoms with Crippen molar-refractivity contribution >= 4 is 15.9 Å². The Bertz CT molecular complexity index is 351. The van der Waals surface area contributed by atoms with E-state index in [4.69, 9.17) is 10.00 Å². The molecule has 0 spiro atoms. The summed E-state index contributed by atoms with van der Waals surface area (Å²) in [5, 5.41) is 8.47. The van der Waals surface area contributed by atoms with E-state index >= 15 is 0 Å². The van der Waals surface area contributed by atoms with Crippen molar-refractivity contribution in [2.75, 3.05) is 6.61 Å². The first-order chi connectivity index (χ1) is 6.72. The third-order valence-electron chi connectivity index (χ3n) is 1.60. The number of benzene rings is 1. The maximum absolute atomic E-state index is 8.47. The topological polar surface area (TPSA) is 33.0 Å². The third kappa shape index (κ3) is 3.63. The van der Waals surface area contributed by atoms with E-state index in [1.807, 2.05) is 24.3 Å². The van der Waals surface area contributed by atoms with E-state index in [0.29, 0.717) is 13.0 Å². The summed E-state index contributed by atoms with van der Waals surface area (Å²) in [5.41, 5.74) is 0.998. The lowest BCUT2D eigenvalue weighted by Crippen LogP contribution is -1.95. The van der Waals surface area contributed by atoms with E-state index in [9.17, 15) is 0 Å². The minimum atomic E-state index is 0.436. The van der Waals surface area contributed by atoms with E-state index in [1.165, 1.54) is 0 Å². The van der Waals surface area contributed by atoms with Crippen LogP contribution < -0.4 is 4.74 Å². The van der Waals surface area contributed by atoms with E-state index < -0.39 is 0 Å². The van der Waals surface area contributed by atoms with Gasteiger partial charge in [-0.25, -0.2) is 0 Å². The summed E-state index contributed by atoms with van der Waals surface area (Å²) < 4.78 is 6.18. The van der Waals surface area contributed by atoms with E-state index in [-0.39, 0.29) is 0 Å². The Morgan fingerprint density at radius 2 is 2.07 bits per heavy atom. The van der Waals surface area contributed by atoms with Gasteiger partial charge >= 0.3 is 0 Å². The zero-order valence-electron chi connectivity index (χ0n) is 7.66. The molecule has 0 unspecified atom stereocenters. The number of hydrogen-bond donors (Lipinski definition) is 0. The Labute approximate surface area is 91.9 Å². The van der Waals surface area contributed by atoms with Crippen molar-refractivity contribution in [3.05, 3.63) is 40.9 Å². The minimum Gasteiger partial charge on any atom is -0.488 e. The largest absolute Gasteiger partial charge is 0.488 e. The highest BCUT2D eigenvalue weighted by Crippen LogP contribution is 2.14. The van der Waals surface area contributed by atoms with Crippen LogP contribution in [0.4, 0.5) is 0 Å². The standard InChI is InChI=1S/C11H10BrNO/c1-9(12)8-14-11-4-2-10(3-5-11)6-7-13/h2-5H,1,6,8H2. The summed E-state index contributed by atoms with van der Waals surface area (Å²) in [5.74, 6) is 0.785. The van der Waals surface area contributed by atoms with Crippen molar-refractivity contribution in [2.45, 2.75) is 6.42 Å². The molecule has 1 rings (SSSR count). The highest BCUT2D eigenvalue weighted by molar-refractivity contribution is 9.11. The van der Waals surface area contributed by atoms with Crippen molar-refractivity contribution in [1.29, 1.82) is 5.26 Å². The van der Waals surface area contributed by atoms with Gasteiger partial charge in [0, 0.05) is 4.48 Å². The quantitative estimate of drug-likeness (QED) is 0.825. The predicted octanol–water partition coefficient (Wildman–Crippen LogP) is 3.04. The monoisotopic (exact) mass is 251 g/mol. The van der Waals surface area contributed by atoms with E-state index in [1.54, 1.807) is 0 Å². The van der Waals surface area contributed by atoms with E-state index in [2.05, 4.69) is 28.6 Å². The van der Waals surface area contributed by atoms with Crippen LogP contribution in [-0.4, -0.2) is 6.61 Å². The molecule has 0 aliphatic heterocycles. The van der Waals surface area contributed by atoms with Crippen LogP contribution in [0.15, 0.2) is 35.3 Å². The van der Waals surface area contributed by atoms with Crippen LogP contribution in [0.1, 0.15) is 5.56 Å². The number of ether oxygens (including phenoxy) is 1. The van der Waals surface area contributed by atoms with Gasteiger partial charge in [-0.1, -0.05) is 34.6 Å². The Hall–Kier alpha value is -1.27. The lowest BCUT2D eigenvalue weighted by atomic mass is 10.2. The molecule has 0 N–H and O–H groups in total. The first-order valence-electron chi connectivity index (χ1n) is 4.14. The van der Waals surface area contributed by atoms with Crippen molar-refractivity contribution < 1.29 is 4.74 Å². The molecule has 0 aliphatic rings. The molecule has 0 saturated heterocycles. The summed E-state index contributed by atoms with van der Waals surface area (Å²) in [6.07, 6.45) is 0.436. The molecule has 2 nitrogen and oxygen atoms in total. The van der Waals surface area contributed by atoms with Crippen molar-refractivity contribution in [3.63, 3.8) is 0 Å². The first kappa shape index (κ1) is 10.8. The molecule has 0 heterocycles. The molecule has 0 aromatic heterocycles. The van der Waals surface area contributed by atoms with Crippen LogP contribution in [0.25, 0.3) is 0 Å². The molecule has 0 aliphatic carbocycles. The third-order valence-corrected chi connectivity index (χ3v) is 1.83. The maximum atomic E-state index is 8.47. The molecule has 0 amide bonds. The molecule has 1 aromatic carbocycles. The van der Waals surface area contributed by atoms with Crippen LogP contribution in [0, 0.1) is 11.3 Å². The van der Waals surface area contributed by atoms with Gasteiger partial charge < -0.3 is 4.74 Å². The lowest BCUT2D eigenvalue weighted by Gasteiger charge is -2.04. The molecule has 1 aromatic rings. The summed E-state index contributed by atoms with van der Waals surface area (Å²) in [7, 11) is 0. The molecule has 14 heavy (non-hydrogen) atoms. The van der Waals surface area contributed by atoms with Gasteiger partial charge in [-0.05, 0) is 17.7 Å². The number of nitrogens with zero attached hydrogens (tertiary/aromatic N) is 1. The molecule has 0 radical (unpaired) electrons. The van der Waals surface area contributed by atoms with Gasteiger partial charge in [-0.15, -0.1) is 0 Å². The van der Waals surface area contributed by atoms with Crippen molar-refractivity contribution in [2.24, 2.45) is 0 Å². The van der Waals surface area contributed by atoms with Gasteiger partial charge in [0.1, 0.15) is 12.4 Å². The zero-order valence-corrected chi connectivity index (χ0v) is 9.25. The Morgan fingerprint density at radius 1 is 1.43 bits per heavy atom. The lowest BCUT2D eigenvalue weighted by molar-refractivity contribution is 0.361. The Kier molecular flexibility index (Phi) is 4.21.